The molecule has 2 aromatic carbocycles. The van der Waals surface area contributed by atoms with Crippen molar-refractivity contribution in [1.29, 1.82) is 0 Å². The Morgan fingerprint density at radius 2 is 1.62 bits per heavy atom. The largest absolute Gasteiger partial charge is 0.508 e. The van der Waals surface area contributed by atoms with Crippen LogP contribution < -0.4 is 5.32 Å². The maximum atomic E-state index is 9.62. The topological polar surface area (TPSA) is 83.8 Å². The van der Waals surface area contributed by atoms with Gasteiger partial charge in [0.05, 0.1) is 17.4 Å². The average Bonchev–Trinajstić information content (AvgIpc) is 2.75. The van der Waals surface area contributed by atoms with Crippen LogP contribution in [0.5, 0.6) is 5.75 Å². The average molecular weight is 383 g/mol. The molecule has 2 N–H and O–H groups in total. The summed E-state index contributed by atoms with van der Waals surface area (Å²) in [6, 6.07) is 17.1. The molecule has 0 aliphatic heterocycles. The molecule has 0 aliphatic carbocycles. The number of hydrogen-bond acceptors (Lipinski definition) is 6. The summed E-state index contributed by atoms with van der Waals surface area (Å²) in [6.45, 7) is 4.06. The van der Waals surface area contributed by atoms with E-state index in [0.717, 1.165) is 28.1 Å². The zero-order chi connectivity index (χ0) is 20.2. The zero-order valence-corrected chi connectivity index (χ0v) is 16.2. The first kappa shape index (κ1) is 18.6. The minimum Gasteiger partial charge on any atom is -0.508 e. The number of hydrogen-bond donors (Lipinski definition) is 2. The fourth-order valence-electron chi connectivity index (χ4n) is 3.06. The fraction of sp³-hybridized carbons (Fsp3) is 0.130. The lowest BCUT2D eigenvalue weighted by molar-refractivity contribution is 0.475. The van der Waals surface area contributed by atoms with Gasteiger partial charge >= 0.3 is 0 Å². The quantitative estimate of drug-likeness (QED) is 0.516. The van der Waals surface area contributed by atoms with E-state index in [1.165, 1.54) is 11.9 Å². The molecule has 0 spiro atoms. The molecule has 0 saturated carbocycles. The monoisotopic (exact) mass is 383 g/mol. The second-order valence-corrected chi connectivity index (χ2v) is 6.87. The van der Waals surface area contributed by atoms with E-state index in [9.17, 15) is 5.11 Å². The number of aromatic hydroxyl groups is 1. The number of rotatable bonds is 5. The van der Waals surface area contributed by atoms with Crippen LogP contribution in [-0.2, 0) is 0 Å². The van der Waals surface area contributed by atoms with E-state index in [2.05, 4.69) is 51.5 Å². The van der Waals surface area contributed by atoms with Crippen molar-refractivity contribution in [3.05, 3.63) is 84.6 Å². The summed E-state index contributed by atoms with van der Waals surface area (Å²) >= 11 is 0. The molecule has 0 radical (unpaired) electrons. The van der Waals surface area contributed by atoms with E-state index >= 15 is 0 Å². The van der Waals surface area contributed by atoms with Gasteiger partial charge in [-0.05, 0) is 37.6 Å². The van der Waals surface area contributed by atoms with E-state index < -0.39 is 0 Å². The summed E-state index contributed by atoms with van der Waals surface area (Å²) in [5, 5.41) is 12.9. The zero-order valence-electron chi connectivity index (χ0n) is 16.2. The molecule has 29 heavy (non-hydrogen) atoms. The first-order chi connectivity index (χ1) is 14.1. The van der Waals surface area contributed by atoms with Crippen molar-refractivity contribution < 1.29 is 5.11 Å². The molecule has 0 fully saturated rings. The number of phenolic OH excluding ortho intramolecular Hbond substituents is 1. The van der Waals surface area contributed by atoms with Gasteiger partial charge in [-0.2, -0.15) is 0 Å². The van der Waals surface area contributed by atoms with Crippen molar-refractivity contribution in [2.45, 2.75) is 19.9 Å². The van der Waals surface area contributed by atoms with Crippen LogP contribution in [0.3, 0.4) is 0 Å². The van der Waals surface area contributed by atoms with E-state index in [1.54, 1.807) is 18.3 Å². The van der Waals surface area contributed by atoms with Gasteiger partial charge in [-0.25, -0.2) is 19.9 Å². The highest BCUT2D eigenvalue weighted by Gasteiger charge is 2.14. The predicted molar refractivity (Wildman–Crippen MR) is 113 cm³/mol. The Balaban J connectivity index is 1.74. The van der Waals surface area contributed by atoms with Gasteiger partial charge in [0.25, 0.3) is 0 Å². The van der Waals surface area contributed by atoms with Crippen LogP contribution in [0.1, 0.15) is 24.2 Å². The Morgan fingerprint density at radius 1 is 0.897 bits per heavy atom. The minimum absolute atomic E-state index is 0.0663. The Bertz CT molecular complexity index is 1100. The maximum Gasteiger partial charge on any atom is 0.223 e. The third kappa shape index (κ3) is 4.21. The lowest BCUT2D eigenvalue weighted by atomic mass is 10.00. The van der Waals surface area contributed by atoms with Crippen LogP contribution in [-0.4, -0.2) is 25.0 Å². The second-order valence-electron chi connectivity index (χ2n) is 6.87. The molecule has 0 unspecified atom stereocenters. The van der Waals surface area contributed by atoms with Gasteiger partial charge in [-0.3, -0.25) is 0 Å². The number of nitrogens with zero attached hydrogens (tertiary/aromatic N) is 4. The Kier molecular flexibility index (Phi) is 5.16. The molecule has 6 nitrogen and oxygen atoms in total. The number of benzene rings is 2. The molecule has 144 valence electrons. The summed E-state index contributed by atoms with van der Waals surface area (Å²) in [5.41, 5.74) is 5.71. The van der Waals surface area contributed by atoms with Gasteiger partial charge in [0.15, 0.2) is 0 Å². The molecule has 0 bridgehead atoms. The van der Waals surface area contributed by atoms with E-state index in [4.69, 9.17) is 4.98 Å². The van der Waals surface area contributed by atoms with Gasteiger partial charge in [0.2, 0.25) is 5.95 Å². The van der Waals surface area contributed by atoms with E-state index in [1.807, 2.05) is 31.3 Å². The molecular formula is C23H21N5O. The van der Waals surface area contributed by atoms with Gasteiger partial charge in [-0.15, -0.1) is 0 Å². The summed E-state index contributed by atoms with van der Waals surface area (Å²) in [6.07, 6.45) is 5.05. The van der Waals surface area contributed by atoms with Gasteiger partial charge < -0.3 is 10.4 Å². The molecule has 6 heteroatoms. The van der Waals surface area contributed by atoms with Crippen molar-refractivity contribution in [2.24, 2.45) is 0 Å². The highest BCUT2D eigenvalue weighted by atomic mass is 16.3. The van der Waals surface area contributed by atoms with Gasteiger partial charge in [0.1, 0.15) is 12.1 Å². The molecule has 4 aromatic rings. The number of aryl methyl sites for hydroxylation is 1. The van der Waals surface area contributed by atoms with Crippen molar-refractivity contribution in [3.63, 3.8) is 0 Å². The number of aromatic nitrogens is 4. The smallest absolute Gasteiger partial charge is 0.223 e. The number of anilines is 1. The molecular weight excluding hydrogens is 362 g/mol. The third-order valence-corrected chi connectivity index (χ3v) is 4.69. The first-order valence-corrected chi connectivity index (χ1v) is 9.36. The Morgan fingerprint density at radius 3 is 2.31 bits per heavy atom. The Labute approximate surface area is 169 Å². The third-order valence-electron chi connectivity index (χ3n) is 4.69. The minimum atomic E-state index is -0.0663. The van der Waals surface area contributed by atoms with Gasteiger partial charge in [-0.1, -0.05) is 42.0 Å². The summed E-state index contributed by atoms with van der Waals surface area (Å²) in [5.74, 6) is 0.748. The maximum absolute atomic E-state index is 9.62. The lowest BCUT2D eigenvalue weighted by Crippen LogP contribution is -2.11. The van der Waals surface area contributed by atoms with Crippen molar-refractivity contribution >= 4 is 5.95 Å². The summed E-state index contributed by atoms with van der Waals surface area (Å²) < 4.78 is 0. The molecule has 0 amide bonds. The predicted octanol–water partition coefficient (Wildman–Crippen LogP) is 4.79. The molecule has 2 heterocycles. The fourth-order valence-corrected chi connectivity index (χ4v) is 3.06. The first-order valence-electron chi connectivity index (χ1n) is 9.36. The number of phenols is 1. The molecule has 1 atom stereocenters. The highest BCUT2D eigenvalue weighted by molar-refractivity contribution is 5.81. The van der Waals surface area contributed by atoms with Crippen molar-refractivity contribution in [1.82, 2.24) is 19.9 Å². The molecule has 0 aliphatic rings. The summed E-state index contributed by atoms with van der Waals surface area (Å²) in [7, 11) is 0. The van der Waals surface area contributed by atoms with Crippen LogP contribution in [0, 0.1) is 6.92 Å². The van der Waals surface area contributed by atoms with Crippen LogP contribution >= 0.6 is 0 Å². The van der Waals surface area contributed by atoms with E-state index in [-0.39, 0.29) is 11.8 Å². The molecule has 4 rings (SSSR count). The van der Waals surface area contributed by atoms with Crippen LogP contribution in [0.2, 0.25) is 0 Å². The van der Waals surface area contributed by atoms with Crippen molar-refractivity contribution in [2.75, 3.05) is 5.32 Å². The second kappa shape index (κ2) is 8.06. The normalized spacial score (nSPS) is 11.8. The SMILES string of the molecule is Cc1ccc(-c2nc(N[C@H](C)c3ccncn3)ncc2-c2ccc(O)cc2)cc1. The molecule has 0 saturated heterocycles. The number of nitrogens with one attached hydrogen (secondary N) is 1. The van der Waals surface area contributed by atoms with Crippen LogP contribution in [0.4, 0.5) is 5.95 Å². The van der Waals surface area contributed by atoms with Gasteiger partial charge in [0, 0.05) is 23.5 Å². The van der Waals surface area contributed by atoms with Crippen LogP contribution in [0.15, 0.2) is 73.3 Å². The Hall–Kier alpha value is -3.80. The van der Waals surface area contributed by atoms with Crippen LogP contribution in [0.25, 0.3) is 22.4 Å². The highest BCUT2D eigenvalue weighted by Crippen LogP contribution is 2.32. The standard InChI is InChI=1S/C23H21N5O/c1-15-3-5-18(6-4-15)22-20(17-7-9-19(29)10-8-17)13-25-23(28-22)27-16(2)21-11-12-24-14-26-21/h3-14,16,29H,1-2H3,(H,25,27,28)/t16-/m1/s1. The molecule has 2 aromatic heterocycles. The van der Waals surface area contributed by atoms with E-state index in [0.29, 0.717) is 5.95 Å². The lowest BCUT2D eigenvalue weighted by Gasteiger charge is -2.16. The summed E-state index contributed by atoms with van der Waals surface area (Å²) in [4.78, 5) is 17.6. The van der Waals surface area contributed by atoms with Crippen molar-refractivity contribution in [3.8, 4) is 28.1 Å².